The Morgan fingerprint density at radius 3 is 1.92 bits per heavy atom. The van der Waals surface area contributed by atoms with Crippen LogP contribution in [0.2, 0.25) is 0 Å². The number of fused-ring (bicyclic) bond motifs is 1. The predicted molar refractivity (Wildman–Crippen MR) is 92.7 cm³/mol. The molecular formula is C20H12F2N2O. The van der Waals surface area contributed by atoms with E-state index < -0.39 is 5.82 Å². The van der Waals surface area contributed by atoms with Crippen molar-refractivity contribution < 1.29 is 8.78 Å². The zero-order valence-electron chi connectivity index (χ0n) is 13.0. The molecule has 0 atom stereocenters. The van der Waals surface area contributed by atoms with Gasteiger partial charge in [0.1, 0.15) is 11.6 Å². The van der Waals surface area contributed by atoms with E-state index in [-0.39, 0.29) is 11.4 Å². The Bertz CT molecular complexity index is 1120. The van der Waals surface area contributed by atoms with E-state index in [4.69, 9.17) is 0 Å². The summed E-state index contributed by atoms with van der Waals surface area (Å²) in [4.78, 5) is 12.8. The Hall–Kier alpha value is -3.34. The van der Waals surface area contributed by atoms with E-state index in [0.29, 0.717) is 27.7 Å². The molecule has 0 radical (unpaired) electrons. The van der Waals surface area contributed by atoms with Crippen molar-refractivity contribution in [3.05, 3.63) is 94.8 Å². The molecule has 1 aromatic heterocycles. The fraction of sp³-hybridized carbons (Fsp3) is 0. The highest BCUT2D eigenvalue weighted by Crippen LogP contribution is 2.25. The highest BCUT2D eigenvalue weighted by atomic mass is 19.1. The third kappa shape index (κ3) is 2.70. The minimum atomic E-state index is -0.392. The van der Waals surface area contributed by atoms with E-state index in [9.17, 15) is 13.6 Å². The van der Waals surface area contributed by atoms with E-state index in [1.165, 1.54) is 41.1 Å². The van der Waals surface area contributed by atoms with Gasteiger partial charge in [0.05, 0.1) is 16.8 Å². The van der Waals surface area contributed by atoms with Crippen molar-refractivity contribution >= 4 is 10.8 Å². The lowest BCUT2D eigenvalue weighted by Crippen LogP contribution is -2.22. The van der Waals surface area contributed by atoms with Gasteiger partial charge in [-0.2, -0.15) is 9.78 Å². The third-order valence-corrected chi connectivity index (χ3v) is 3.99. The lowest BCUT2D eigenvalue weighted by Gasteiger charge is -2.11. The van der Waals surface area contributed by atoms with Crippen molar-refractivity contribution in [1.82, 2.24) is 9.78 Å². The van der Waals surface area contributed by atoms with Crippen molar-refractivity contribution in [3.63, 3.8) is 0 Å². The number of hydrogen-bond donors (Lipinski definition) is 0. The molecule has 122 valence electrons. The van der Waals surface area contributed by atoms with Gasteiger partial charge in [-0.3, -0.25) is 4.79 Å². The van der Waals surface area contributed by atoms with E-state index in [1.807, 2.05) is 6.07 Å². The molecule has 3 aromatic carbocycles. The molecule has 0 saturated heterocycles. The van der Waals surface area contributed by atoms with E-state index in [2.05, 4.69) is 5.10 Å². The molecule has 4 aromatic rings. The normalized spacial score (nSPS) is 11.0. The summed E-state index contributed by atoms with van der Waals surface area (Å²) < 4.78 is 27.7. The van der Waals surface area contributed by atoms with Crippen molar-refractivity contribution in [3.8, 4) is 16.9 Å². The summed E-state index contributed by atoms with van der Waals surface area (Å²) in [6, 6.07) is 18.6. The van der Waals surface area contributed by atoms with Crippen molar-refractivity contribution in [2.45, 2.75) is 0 Å². The molecule has 25 heavy (non-hydrogen) atoms. The maximum absolute atomic E-state index is 13.3. The van der Waals surface area contributed by atoms with E-state index >= 15 is 0 Å². The second-order valence-electron chi connectivity index (χ2n) is 5.59. The molecule has 1 heterocycles. The number of aromatic nitrogens is 2. The van der Waals surface area contributed by atoms with Crippen LogP contribution < -0.4 is 5.56 Å². The smallest absolute Gasteiger partial charge is 0.267 e. The van der Waals surface area contributed by atoms with Crippen LogP contribution in [0.25, 0.3) is 27.7 Å². The third-order valence-electron chi connectivity index (χ3n) is 3.99. The Morgan fingerprint density at radius 2 is 1.28 bits per heavy atom. The molecule has 0 aliphatic heterocycles. The topological polar surface area (TPSA) is 34.9 Å². The van der Waals surface area contributed by atoms with Gasteiger partial charge < -0.3 is 0 Å². The van der Waals surface area contributed by atoms with Gasteiger partial charge in [-0.05, 0) is 54.6 Å². The lowest BCUT2D eigenvalue weighted by molar-refractivity contribution is 0.626. The summed E-state index contributed by atoms with van der Waals surface area (Å²) in [6.07, 6.45) is 0. The van der Waals surface area contributed by atoms with Crippen LogP contribution >= 0.6 is 0 Å². The van der Waals surface area contributed by atoms with Crippen molar-refractivity contribution in [2.24, 2.45) is 0 Å². The highest BCUT2D eigenvalue weighted by Gasteiger charge is 2.13. The Balaban J connectivity index is 2.05. The molecule has 0 aliphatic rings. The molecule has 0 saturated carbocycles. The first-order valence-electron chi connectivity index (χ1n) is 7.67. The first-order valence-corrected chi connectivity index (χ1v) is 7.67. The Morgan fingerprint density at radius 1 is 0.720 bits per heavy atom. The van der Waals surface area contributed by atoms with Crippen molar-refractivity contribution in [1.29, 1.82) is 0 Å². The van der Waals surface area contributed by atoms with Gasteiger partial charge in [0.25, 0.3) is 5.56 Å². The Kier molecular flexibility index (Phi) is 3.61. The largest absolute Gasteiger partial charge is 0.279 e. The van der Waals surface area contributed by atoms with Crippen LogP contribution in [0.5, 0.6) is 0 Å². The molecule has 0 fully saturated rings. The molecule has 0 N–H and O–H groups in total. The lowest BCUT2D eigenvalue weighted by atomic mass is 10.0. The first kappa shape index (κ1) is 15.2. The van der Waals surface area contributed by atoms with Gasteiger partial charge in [-0.25, -0.2) is 8.78 Å². The van der Waals surface area contributed by atoms with Gasteiger partial charge in [0.15, 0.2) is 0 Å². The zero-order valence-corrected chi connectivity index (χ0v) is 13.0. The second kappa shape index (κ2) is 5.94. The first-order chi connectivity index (χ1) is 12.1. The van der Waals surface area contributed by atoms with Gasteiger partial charge in [0.2, 0.25) is 0 Å². The molecule has 0 amide bonds. The minimum Gasteiger partial charge on any atom is -0.267 e. The quantitative estimate of drug-likeness (QED) is 0.547. The van der Waals surface area contributed by atoms with Crippen LogP contribution in [0.15, 0.2) is 77.6 Å². The fourth-order valence-corrected chi connectivity index (χ4v) is 2.77. The number of nitrogens with zero attached hydrogens (tertiary/aromatic N) is 2. The molecule has 4 rings (SSSR count). The average Bonchev–Trinajstić information content (AvgIpc) is 2.64. The van der Waals surface area contributed by atoms with Crippen LogP contribution in [0.3, 0.4) is 0 Å². The summed E-state index contributed by atoms with van der Waals surface area (Å²) in [6.45, 7) is 0. The number of rotatable bonds is 2. The molecule has 0 bridgehead atoms. The molecule has 0 unspecified atom stereocenters. The molecular weight excluding hydrogens is 322 g/mol. The van der Waals surface area contributed by atoms with Gasteiger partial charge in [-0.1, -0.05) is 18.2 Å². The molecule has 5 heteroatoms. The highest BCUT2D eigenvalue weighted by molar-refractivity contribution is 5.93. The maximum Gasteiger partial charge on any atom is 0.279 e. The second-order valence-corrected chi connectivity index (χ2v) is 5.59. The van der Waals surface area contributed by atoms with E-state index in [1.54, 1.807) is 30.3 Å². The van der Waals surface area contributed by atoms with Crippen LogP contribution in [0.1, 0.15) is 0 Å². The van der Waals surface area contributed by atoms with Crippen LogP contribution in [0.4, 0.5) is 8.78 Å². The summed E-state index contributed by atoms with van der Waals surface area (Å²) in [5.41, 5.74) is 1.40. The maximum atomic E-state index is 13.3. The molecule has 3 nitrogen and oxygen atoms in total. The van der Waals surface area contributed by atoms with Gasteiger partial charge in [-0.15, -0.1) is 0 Å². The SMILES string of the molecule is O=c1c2ccccc2c(-c2ccc(F)cc2)nn1-c1ccc(F)cc1. The number of hydrogen-bond acceptors (Lipinski definition) is 2. The van der Waals surface area contributed by atoms with Crippen LogP contribution in [0, 0.1) is 11.6 Å². The number of benzene rings is 3. The van der Waals surface area contributed by atoms with E-state index in [0.717, 1.165) is 0 Å². The summed E-state index contributed by atoms with van der Waals surface area (Å²) in [5.74, 6) is -0.740. The summed E-state index contributed by atoms with van der Waals surface area (Å²) >= 11 is 0. The average molecular weight is 334 g/mol. The number of halogens is 2. The summed E-state index contributed by atoms with van der Waals surface area (Å²) in [7, 11) is 0. The van der Waals surface area contributed by atoms with Crippen molar-refractivity contribution in [2.75, 3.05) is 0 Å². The standard InChI is InChI=1S/C20H12F2N2O/c21-14-7-5-13(6-8-14)19-17-3-1-2-4-18(17)20(25)24(23-19)16-11-9-15(22)10-12-16/h1-12H. The fourth-order valence-electron chi connectivity index (χ4n) is 2.77. The van der Waals surface area contributed by atoms with Gasteiger partial charge in [0, 0.05) is 10.9 Å². The molecule has 0 aliphatic carbocycles. The summed E-state index contributed by atoms with van der Waals surface area (Å²) in [5, 5.41) is 5.62. The molecule has 0 spiro atoms. The van der Waals surface area contributed by atoms with Gasteiger partial charge >= 0.3 is 0 Å². The minimum absolute atomic E-state index is 0.298. The predicted octanol–water partition coefficient (Wildman–Crippen LogP) is 4.33. The zero-order chi connectivity index (χ0) is 17.4. The monoisotopic (exact) mass is 334 g/mol. The van der Waals surface area contributed by atoms with Crippen LogP contribution in [-0.4, -0.2) is 9.78 Å². The Labute approximate surface area is 141 Å². The van der Waals surface area contributed by atoms with Crippen LogP contribution in [-0.2, 0) is 0 Å².